The average Bonchev–Trinajstić information content (AvgIpc) is 3.85. The van der Waals surface area contributed by atoms with Gasteiger partial charge in [-0.25, -0.2) is 15.0 Å². The van der Waals surface area contributed by atoms with Crippen molar-refractivity contribution in [2.45, 2.75) is 9.79 Å². The normalized spacial score (nSPS) is 12.2. The number of hydrogen-bond donors (Lipinski definition) is 0. The van der Waals surface area contributed by atoms with E-state index in [9.17, 15) is 0 Å². The highest BCUT2D eigenvalue weighted by Crippen LogP contribution is 2.50. The second kappa shape index (κ2) is 13.4. The lowest BCUT2D eigenvalue weighted by Gasteiger charge is -2.22. The molecular weight excluding hydrogens is 763 g/mol. The molecule has 0 saturated carbocycles. The summed E-state index contributed by atoms with van der Waals surface area (Å²) in [5.41, 5.74) is 11.0. The van der Waals surface area contributed by atoms with Crippen molar-refractivity contribution in [3.05, 3.63) is 200 Å². The average molecular weight is 796 g/mol. The minimum atomic E-state index is 0.634. The van der Waals surface area contributed by atoms with Crippen LogP contribution in [0, 0.1) is 0 Å². The first-order valence-electron chi connectivity index (χ1n) is 20.5. The molecule has 0 fully saturated rings. The Morgan fingerprint density at radius 2 is 0.984 bits per heavy atom. The fraction of sp³-hybridized carbons (Fsp3) is 0. The highest BCUT2D eigenvalue weighted by molar-refractivity contribution is 7.99. The summed E-state index contributed by atoms with van der Waals surface area (Å²) in [6.45, 7) is 0. The Kier molecular flexibility index (Phi) is 7.47. The third-order valence-electron chi connectivity index (χ3n) is 12.1. The van der Waals surface area contributed by atoms with Gasteiger partial charge in [-0.05, 0) is 81.2 Å². The molecule has 6 heteroatoms. The molecule has 13 rings (SSSR count). The van der Waals surface area contributed by atoms with Gasteiger partial charge in [-0.2, -0.15) is 0 Å². The van der Waals surface area contributed by atoms with Gasteiger partial charge in [0, 0.05) is 48.3 Å². The van der Waals surface area contributed by atoms with Gasteiger partial charge in [0.1, 0.15) is 5.65 Å². The van der Waals surface area contributed by atoms with E-state index in [4.69, 9.17) is 15.0 Å². The Morgan fingerprint density at radius 1 is 0.377 bits per heavy atom. The van der Waals surface area contributed by atoms with Gasteiger partial charge >= 0.3 is 0 Å². The van der Waals surface area contributed by atoms with Crippen LogP contribution in [0.15, 0.2) is 210 Å². The first-order valence-corrected chi connectivity index (χ1v) is 21.3. The molecule has 0 atom stereocenters. The molecule has 5 nitrogen and oxygen atoms in total. The molecule has 0 spiro atoms. The molecule has 0 amide bonds. The summed E-state index contributed by atoms with van der Waals surface area (Å²) < 4.78 is 4.89. The molecule has 0 radical (unpaired) electrons. The van der Waals surface area contributed by atoms with E-state index in [1.807, 2.05) is 11.8 Å². The molecule has 4 heterocycles. The maximum absolute atomic E-state index is 5.23. The minimum Gasteiger partial charge on any atom is -0.295 e. The SMILES string of the molecule is c1ccc(-n2c3ccccc3c3c4cccc5c4n(c32)-c2ccc(-c3nc(-c4ccc(-c6cccc7ccccc67)cc4)nc(-c4ccc6ccccc6c4)n3)cc2S5)cc1. The number of fused-ring (bicyclic) bond motifs is 9. The van der Waals surface area contributed by atoms with E-state index in [2.05, 4.69) is 209 Å². The molecule has 9 aromatic carbocycles. The predicted octanol–water partition coefficient (Wildman–Crippen LogP) is 14.4. The topological polar surface area (TPSA) is 48.5 Å². The van der Waals surface area contributed by atoms with Gasteiger partial charge in [0.05, 0.1) is 16.7 Å². The fourth-order valence-corrected chi connectivity index (χ4v) is 10.5. The van der Waals surface area contributed by atoms with Gasteiger partial charge < -0.3 is 0 Å². The molecule has 0 saturated heterocycles. The van der Waals surface area contributed by atoms with E-state index in [0.717, 1.165) is 49.6 Å². The van der Waals surface area contributed by atoms with Gasteiger partial charge in [-0.15, -0.1) is 0 Å². The summed E-state index contributed by atoms with van der Waals surface area (Å²) in [6, 6.07) is 71.3. The molecule has 0 unspecified atom stereocenters. The number of para-hydroxylation sites is 3. The molecular formula is C55H33N5S. The number of aromatic nitrogens is 5. The van der Waals surface area contributed by atoms with E-state index < -0.39 is 0 Å². The Balaban J connectivity index is 0.989. The Bertz CT molecular complexity index is 3730. The molecule has 0 aliphatic carbocycles. The first-order chi connectivity index (χ1) is 30.2. The zero-order chi connectivity index (χ0) is 40.0. The van der Waals surface area contributed by atoms with Crippen LogP contribution in [0.2, 0.25) is 0 Å². The van der Waals surface area contributed by atoms with Crippen LogP contribution in [-0.2, 0) is 0 Å². The Labute approximate surface area is 355 Å². The predicted molar refractivity (Wildman–Crippen MR) is 252 cm³/mol. The molecule has 0 N–H and O–H groups in total. The van der Waals surface area contributed by atoms with Crippen molar-refractivity contribution in [2.75, 3.05) is 0 Å². The summed E-state index contributed by atoms with van der Waals surface area (Å²) in [4.78, 5) is 18.0. The quantitative estimate of drug-likeness (QED) is 0.174. The van der Waals surface area contributed by atoms with Crippen LogP contribution in [0.5, 0.6) is 0 Å². The van der Waals surface area contributed by atoms with E-state index in [-0.39, 0.29) is 0 Å². The molecule has 12 aromatic rings. The van der Waals surface area contributed by atoms with Crippen molar-refractivity contribution in [3.63, 3.8) is 0 Å². The smallest absolute Gasteiger partial charge is 0.164 e. The summed E-state index contributed by atoms with van der Waals surface area (Å²) in [7, 11) is 0. The fourth-order valence-electron chi connectivity index (χ4n) is 9.33. The Morgan fingerprint density at radius 3 is 1.82 bits per heavy atom. The molecule has 0 bridgehead atoms. The summed E-state index contributed by atoms with van der Waals surface area (Å²) in [5.74, 6) is 1.91. The highest BCUT2D eigenvalue weighted by Gasteiger charge is 2.28. The van der Waals surface area contributed by atoms with Crippen LogP contribution in [0.25, 0.3) is 111 Å². The lowest BCUT2D eigenvalue weighted by atomic mass is 9.97. The summed E-state index contributed by atoms with van der Waals surface area (Å²) in [5, 5.41) is 8.55. The van der Waals surface area contributed by atoms with E-state index in [1.165, 1.54) is 53.8 Å². The first kappa shape index (κ1) is 34.1. The highest BCUT2D eigenvalue weighted by atomic mass is 32.2. The zero-order valence-corrected chi connectivity index (χ0v) is 33.5. The number of rotatable bonds is 5. The van der Waals surface area contributed by atoms with Crippen LogP contribution < -0.4 is 0 Å². The number of benzene rings is 9. The van der Waals surface area contributed by atoms with Crippen LogP contribution in [0.1, 0.15) is 0 Å². The molecule has 284 valence electrons. The lowest BCUT2D eigenvalue weighted by Crippen LogP contribution is -2.06. The van der Waals surface area contributed by atoms with Gasteiger partial charge in [0.15, 0.2) is 17.5 Å². The monoisotopic (exact) mass is 795 g/mol. The van der Waals surface area contributed by atoms with Crippen molar-refractivity contribution in [3.8, 4) is 56.7 Å². The summed E-state index contributed by atoms with van der Waals surface area (Å²) >= 11 is 1.81. The number of nitrogens with zero attached hydrogens (tertiary/aromatic N) is 5. The third kappa shape index (κ3) is 5.32. The third-order valence-corrected chi connectivity index (χ3v) is 13.2. The maximum atomic E-state index is 5.23. The van der Waals surface area contributed by atoms with Gasteiger partial charge in [-0.1, -0.05) is 163 Å². The largest absolute Gasteiger partial charge is 0.295 e. The van der Waals surface area contributed by atoms with Crippen molar-refractivity contribution in [1.29, 1.82) is 0 Å². The number of hydrogen-bond acceptors (Lipinski definition) is 4. The van der Waals surface area contributed by atoms with Crippen LogP contribution >= 0.6 is 11.8 Å². The van der Waals surface area contributed by atoms with Crippen LogP contribution in [-0.4, -0.2) is 24.1 Å². The van der Waals surface area contributed by atoms with Crippen LogP contribution in [0.3, 0.4) is 0 Å². The van der Waals surface area contributed by atoms with Crippen molar-refractivity contribution < 1.29 is 0 Å². The van der Waals surface area contributed by atoms with Crippen molar-refractivity contribution in [1.82, 2.24) is 24.1 Å². The second-order valence-electron chi connectivity index (χ2n) is 15.6. The van der Waals surface area contributed by atoms with Gasteiger partial charge in [0.2, 0.25) is 0 Å². The zero-order valence-electron chi connectivity index (χ0n) is 32.7. The molecule has 1 aliphatic rings. The van der Waals surface area contributed by atoms with E-state index >= 15 is 0 Å². The van der Waals surface area contributed by atoms with Crippen LogP contribution in [0.4, 0.5) is 0 Å². The van der Waals surface area contributed by atoms with E-state index in [1.54, 1.807) is 0 Å². The van der Waals surface area contributed by atoms with Crippen molar-refractivity contribution in [2.24, 2.45) is 0 Å². The van der Waals surface area contributed by atoms with Crippen molar-refractivity contribution >= 4 is 66.1 Å². The molecule has 3 aromatic heterocycles. The lowest BCUT2D eigenvalue weighted by molar-refractivity contribution is 1.02. The van der Waals surface area contributed by atoms with E-state index in [0.29, 0.717) is 17.5 Å². The second-order valence-corrected chi connectivity index (χ2v) is 16.7. The van der Waals surface area contributed by atoms with Gasteiger partial charge in [0.25, 0.3) is 0 Å². The Hall–Kier alpha value is -7.80. The maximum Gasteiger partial charge on any atom is 0.164 e. The summed E-state index contributed by atoms with van der Waals surface area (Å²) in [6.07, 6.45) is 0. The molecule has 61 heavy (non-hydrogen) atoms. The molecule has 1 aliphatic heterocycles. The standard InChI is InChI=1S/C55H33N5S/c1-2-16-41(17-3-1)59-46-22-9-8-19-44(46)50-45-21-11-23-48-51(45)60(55(50)59)47-31-30-40(33-49(47)61-48)54-57-52(56-53(58-54)39-29-24-34-12-4-5-14-38(34)32-39)37-27-25-36(26-28-37)43-20-10-15-35-13-6-7-18-42(35)43/h1-33H. The van der Waals surface area contributed by atoms with Gasteiger partial charge in [-0.3, -0.25) is 9.13 Å². The minimum absolute atomic E-state index is 0.634.